The van der Waals surface area contributed by atoms with Crippen LogP contribution in [0.4, 0.5) is 4.79 Å². The maximum atomic E-state index is 12.2. The molecule has 0 aromatic heterocycles. The summed E-state index contributed by atoms with van der Waals surface area (Å²) in [6.45, 7) is 0.954. The van der Waals surface area contributed by atoms with Gasteiger partial charge in [-0.25, -0.2) is 4.79 Å². The van der Waals surface area contributed by atoms with Crippen molar-refractivity contribution in [3.63, 3.8) is 0 Å². The summed E-state index contributed by atoms with van der Waals surface area (Å²) in [5, 5.41) is 17.2. The summed E-state index contributed by atoms with van der Waals surface area (Å²) in [5.41, 5.74) is 0.419. The Morgan fingerprint density at radius 3 is 2.56 bits per heavy atom. The normalized spacial score (nSPS) is 17.0. The van der Waals surface area contributed by atoms with E-state index >= 15 is 0 Å². The Morgan fingerprint density at radius 2 is 1.96 bits per heavy atom. The Balaban J connectivity index is 2.29. The topological polar surface area (TPSA) is 121 Å². The lowest BCUT2D eigenvalue weighted by molar-refractivity contribution is -0.145. The minimum absolute atomic E-state index is 0.0469. The quantitative estimate of drug-likeness (QED) is 0.704. The monoisotopic (exact) mass is 365 g/mol. The number of carboxylic acids is 2. The molecule has 1 aromatic rings. The van der Waals surface area contributed by atoms with Crippen molar-refractivity contribution in [2.45, 2.75) is 19.4 Å². The Morgan fingerprint density at radius 1 is 1.28 bits per heavy atom. The van der Waals surface area contributed by atoms with Gasteiger partial charge in [-0.2, -0.15) is 0 Å². The van der Waals surface area contributed by atoms with Crippen LogP contribution in [0.2, 0.25) is 0 Å². The van der Waals surface area contributed by atoms with E-state index in [0.29, 0.717) is 22.2 Å². The number of benzene rings is 1. The molecule has 0 spiro atoms. The second-order valence-electron chi connectivity index (χ2n) is 5.05. The third-order valence-corrected chi connectivity index (χ3v) is 4.20. The zero-order chi connectivity index (χ0) is 18.6. The number of carbonyl (C=O) groups is 4. The molecule has 8 nitrogen and oxygen atoms in total. The second kappa shape index (κ2) is 7.84. The Kier molecular flexibility index (Phi) is 5.81. The van der Waals surface area contributed by atoms with Gasteiger partial charge in [0.1, 0.15) is 12.3 Å². The number of para-hydroxylation sites is 1. The van der Waals surface area contributed by atoms with Gasteiger partial charge < -0.3 is 14.9 Å². The maximum Gasteiger partial charge on any atom is 0.344 e. The summed E-state index contributed by atoms with van der Waals surface area (Å²) in [7, 11) is 0. The first kappa shape index (κ1) is 18.5. The summed E-state index contributed by atoms with van der Waals surface area (Å²) in [5.74, 6) is -2.86. The smallest absolute Gasteiger partial charge is 0.344 e. The lowest BCUT2D eigenvalue weighted by Gasteiger charge is -2.15. The van der Waals surface area contributed by atoms with Crippen molar-refractivity contribution in [2.24, 2.45) is 0 Å². The Bertz CT molecular complexity index is 759. The molecule has 25 heavy (non-hydrogen) atoms. The van der Waals surface area contributed by atoms with Gasteiger partial charge in [0.2, 0.25) is 0 Å². The van der Waals surface area contributed by atoms with Gasteiger partial charge in [-0.3, -0.25) is 19.3 Å². The number of carbonyl (C=O) groups excluding carboxylic acids is 2. The van der Waals surface area contributed by atoms with Crippen LogP contribution in [0.5, 0.6) is 5.75 Å². The number of ether oxygens (including phenoxy) is 1. The fraction of sp³-hybridized carbons (Fsp3) is 0.250. The molecule has 0 aliphatic carbocycles. The highest BCUT2D eigenvalue weighted by molar-refractivity contribution is 8.18. The highest BCUT2D eigenvalue weighted by Gasteiger charge is 2.36. The summed E-state index contributed by atoms with van der Waals surface area (Å²) in [4.78, 5) is 46.5. The molecule has 1 unspecified atom stereocenters. The van der Waals surface area contributed by atoms with Crippen LogP contribution in [0.3, 0.4) is 0 Å². The van der Waals surface area contributed by atoms with E-state index in [2.05, 4.69) is 0 Å². The van der Waals surface area contributed by atoms with Gasteiger partial charge in [0.05, 0.1) is 4.91 Å². The molecule has 132 valence electrons. The standard InChI is InChI=1S/C16H15NO7S/c1-2-10(15(21)22)24-11-6-4-3-5-9(11)7-12-14(20)17(8-13(18)19)16(23)25-12/h3-7,10H,2,8H2,1H3,(H,18,19)(H,21,22)/b12-7-. The van der Waals surface area contributed by atoms with Crippen LogP contribution < -0.4 is 4.74 Å². The third-order valence-electron chi connectivity index (χ3n) is 3.29. The molecule has 1 saturated heterocycles. The van der Waals surface area contributed by atoms with E-state index in [0.717, 1.165) is 0 Å². The van der Waals surface area contributed by atoms with E-state index in [4.69, 9.17) is 14.9 Å². The van der Waals surface area contributed by atoms with Gasteiger partial charge in [-0.1, -0.05) is 25.1 Å². The molecule has 2 amide bonds. The molecule has 2 rings (SSSR count). The molecule has 1 fully saturated rings. The van der Waals surface area contributed by atoms with Gasteiger partial charge in [0, 0.05) is 5.56 Å². The van der Waals surface area contributed by atoms with Crippen molar-refractivity contribution in [2.75, 3.05) is 6.54 Å². The van der Waals surface area contributed by atoms with Crippen molar-refractivity contribution in [1.82, 2.24) is 4.90 Å². The number of amides is 2. The first-order valence-corrected chi connectivity index (χ1v) is 8.10. The Labute approximate surface area is 147 Å². The van der Waals surface area contributed by atoms with Crippen LogP contribution in [0.1, 0.15) is 18.9 Å². The van der Waals surface area contributed by atoms with Crippen molar-refractivity contribution in [1.29, 1.82) is 0 Å². The molecular weight excluding hydrogens is 350 g/mol. The highest BCUT2D eigenvalue weighted by Crippen LogP contribution is 2.34. The highest BCUT2D eigenvalue weighted by atomic mass is 32.2. The predicted molar refractivity (Wildman–Crippen MR) is 89.1 cm³/mol. The summed E-state index contributed by atoms with van der Waals surface area (Å²) in [6, 6.07) is 6.48. The van der Waals surface area contributed by atoms with Gasteiger partial charge in [0.25, 0.3) is 11.1 Å². The molecule has 1 heterocycles. The van der Waals surface area contributed by atoms with Crippen LogP contribution in [0, 0.1) is 0 Å². The van der Waals surface area contributed by atoms with Crippen molar-refractivity contribution < 1.29 is 34.1 Å². The van der Waals surface area contributed by atoms with Crippen molar-refractivity contribution >= 4 is 40.9 Å². The molecular formula is C16H15NO7S. The number of hydrogen-bond donors (Lipinski definition) is 2. The van der Waals surface area contributed by atoms with E-state index in [9.17, 15) is 19.2 Å². The average molecular weight is 365 g/mol. The van der Waals surface area contributed by atoms with Crippen LogP contribution in [0.25, 0.3) is 6.08 Å². The van der Waals surface area contributed by atoms with Crippen molar-refractivity contribution in [3.05, 3.63) is 34.7 Å². The van der Waals surface area contributed by atoms with Crippen LogP contribution >= 0.6 is 11.8 Å². The first-order chi connectivity index (χ1) is 11.8. The SMILES string of the molecule is CCC(Oc1ccccc1/C=C1\SC(=O)N(CC(=O)O)C1=O)C(=O)O. The van der Waals surface area contributed by atoms with Gasteiger partial charge in [-0.15, -0.1) is 0 Å². The maximum absolute atomic E-state index is 12.2. The largest absolute Gasteiger partial charge is 0.480 e. The Hall–Kier alpha value is -2.81. The number of nitrogens with zero attached hydrogens (tertiary/aromatic N) is 1. The van der Waals surface area contributed by atoms with Crippen LogP contribution in [-0.2, 0) is 14.4 Å². The molecule has 2 N–H and O–H groups in total. The lowest BCUT2D eigenvalue weighted by atomic mass is 10.1. The number of carboxylic acid groups (broad SMARTS) is 2. The predicted octanol–water partition coefficient (Wildman–Crippen LogP) is 2.05. The van der Waals surface area contributed by atoms with Crippen LogP contribution in [0.15, 0.2) is 29.2 Å². The van der Waals surface area contributed by atoms with E-state index in [1.54, 1.807) is 31.2 Å². The van der Waals surface area contributed by atoms with E-state index < -0.39 is 35.7 Å². The summed E-state index contributed by atoms with van der Waals surface area (Å²) < 4.78 is 5.46. The molecule has 1 aliphatic rings. The fourth-order valence-electron chi connectivity index (χ4n) is 2.08. The number of thioether (sulfide) groups is 1. The third kappa shape index (κ3) is 4.38. The number of hydrogen-bond acceptors (Lipinski definition) is 6. The van der Waals surface area contributed by atoms with Gasteiger partial charge in [0.15, 0.2) is 6.10 Å². The van der Waals surface area contributed by atoms with Crippen LogP contribution in [-0.4, -0.2) is 50.8 Å². The molecule has 1 aliphatic heterocycles. The van der Waals surface area contributed by atoms with E-state index in [-0.39, 0.29) is 17.1 Å². The first-order valence-electron chi connectivity index (χ1n) is 7.29. The number of aliphatic carboxylic acids is 2. The average Bonchev–Trinajstić information content (AvgIpc) is 2.80. The lowest BCUT2D eigenvalue weighted by Crippen LogP contribution is -2.33. The van der Waals surface area contributed by atoms with Crippen molar-refractivity contribution in [3.8, 4) is 5.75 Å². The molecule has 0 saturated carbocycles. The molecule has 1 aromatic carbocycles. The number of imide groups is 1. The summed E-state index contributed by atoms with van der Waals surface area (Å²) >= 11 is 0.622. The molecule has 9 heteroatoms. The van der Waals surface area contributed by atoms with E-state index in [1.807, 2.05) is 0 Å². The zero-order valence-electron chi connectivity index (χ0n) is 13.2. The van der Waals surface area contributed by atoms with Gasteiger partial charge >= 0.3 is 11.9 Å². The molecule has 0 radical (unpaired) electrons. The fourth-order valence-corrected chi connectivity index (χ4v) is 2.91. The van der Waals surface area contributed by atoms with Gasteiger partial charge in [-0.05, 0) is 30.3 Å². The van der Waals surface area contributed by atoms with E-state index in [1.165, 1.54) is 6.08 Å². The second-order valence-corrected chi connectivity index (χ2v) is 6.05. The minimum Gasteiger partial charge on any atom is -0.480 e. The summed E-state index contributed by atoms with van der Waals surface area (Å²) in [6.07, 6.45) is 0.590. The molecule has 1 atom stereocenters. The minimum atomic E-state index is -1.29. The number of rotatable bonds is 7. The molecule has 0 bridgehead atoms. The zero-order valence-corrected chi connectivity index (χ0v) is 14.0.